The zero-order chi connectivity index (χ0) is 14.1. The number of rotatable bonds is 2. The largest absolute Gasteiger partial charge is 0.314 e. The zero-order valence-electron chi connectivity index (χ0n) is 11.0. The summed E-state index contributed by atoms with van der Waals surface area (Å²) in [6.07, 6.45) is 0. The molecule has 0 unspecified atom stereocenters. The van der Waals surface area contributed by atoms with E-state index in [-0.39, 0.29) is 5.02 Å². The van der Waals surface area contributed by atoms with Crippen LogP contribution >= 0.6 is 11.6 Å². The molecule has 0 aliphatic carbocycles. The highest BCUT2D eigenvalue weighted by Crippen LogP contribution is 2.29. The molecule has 1 heterocycles. The summed E-state index contributed by atoms with van der Waals surface area (Å²) in [5.74, 6) is -0.398. The summed E-state index contributed by atoms with van der Waals surface area (Å²) in [4.78, 5) is 0. The van der Waals surface area contributed by atoms with Crippen LogP contribution in [0.25, 0.3) is 16.9 Å². The van der Waals surface area contributed by atoms with Gasteiger partial charge in [0.15, 0.2) is 0 Å². The van der Waals surface area contributed by atoms with Gasteiger partial charge in [-0.25, -0.2) is 4.39 Å². The Kier molecular flexibility index (Phi) is 3.33. The van der Waals surface area contributed by atoms with Gasteiger partial charge in [0.05, 0.1) is 10.7 Å². The van der Waals surface area contributed by atoms with Gasteiger partial charge in [0.2, 0.25) is 0 Å². The van der Waals surface area contributed by atoms with Crippen molar-refractivity contribution in [3.63, 3.8) is 0 Å². The molecule has 1 nitrogen and oxygen atoms in total. The van der Waals surface area contributed by atoms with Gasteiger partial charge in [-0.05, 0) is 49.4 Å². The van der Waals surface area contributed by atoms with Crippen LogP contribution in [0.15, 0.2) is 60.7 Å². The normalized spacial score (nSPS) is 10.8. The Morgan fingerprint density at radius 1 is 0.950 bits per heavy atom. The summed E-state index contributed by atoms with van der Waals surface area (Å²) in [5.41, 5.74) is 4.08. The van der Waals surface area contributed by atoms with Gasteiger partial charge >= 0.3 is 0 Å². The molecule has 3 rings (SSSR count). The zero-order valence-corrected chi connectivity index (χ0v) is 11.7. The Balaban J connectivity index is 2.18. The molecule has 0 N–H and O–H groups in total. The van der Waals surface area contributed by atoms with Crippen LogP contribution in [0, 0.1) is 12.7 Å². The third kappa shape index (κ3) is 2.23. The van der Waals surface area contributed by atoms with Gasteiger partial charge in [-0.3, -0.25) is 0 Å². The van der Waals surface area contributed by atoms with Gasteiger partial charge in [-0.2, -0.15) is 0 Å². The van der Waals surface area contributed by atoms with Crippen LogP contribution in [-0.2, 0) is 0 Å². The van der Waals surface area contributed by atoms with Crippen LogP contribution in [0.1, 0.15) is 5.69 Å². The van der Waals surface area contributed by atoms with E-state index in [9.17, 15) is 4.39 Å². The molecule has 0 bridgehead atoms. The molecule has 1 aromatic heterocycles. The number of aromatic nitrogens is 1. The second-order valence-electron chi connectivity index (χ2n) is 4.66. The Morgan fingerprint density at radius 3 is 2.40 bits per heavy atom. The van der Waals surface area contributed by atoms with Crippen molar-refractivity contribution in [2.45, 2.75) is 6.92 Å². The van der Waals surface area contributed by atoms with Crippen molar-refractivity contribution in [2.24, 2.45) is 0 Å². The van der Waals surface area contributed by atoms with Crippen LogP contribution in [0.2, 0.25) is 5.02 Å². The molecule has 0 aliphatic heterocycles. The molecule has 0 atom stereocenters. The highest BCUT2D eigenvalue weighted by Gasteiger charge is 2.10. The lowest BCUT2D eigenvalue weighted by atomic mass is 10.1. The van der Waals surface area contributed by atoms with E-state index < -0.39 is 5.82 Å². The van der Waals surface area contributed by atoms with Crippen molar-refractivity contribution >= 4 is 11.6 Å². The van der Waals surface area contributed by atoms with Crippen molar-refractivity contribution in [1.29, 1.82) is 0 Å². The Labute approximate surface area is 122 Å². The maximum Gasteiger partial charge on any atom is 0.141 e. The molecule has 3 heteroatoms. The van der Waals surface area contributed by atoms with Crippen LogP contribution in [0.5, 0.6) is 0 Å². The van der Waals surface area contributed by atoms with E-state index in [1.165, 1.54) is 6.07 Å². The van der Waals surface area contributed by atoms with E-state index in [4.69, 9.17) is 11.6 Å². The van der Waals surface area contributed by atoms with Crippen LogP contribution in [-0.4, -0.2) is 4.57 Å². The van der Waals surface area contributed by atoms with E-state index >= 15 is 0 Å². The average Bonchev–Trinajstić information content (AvgIpc) is 2.85. The monoisotopic (exact) mass is 285 g/mol. The maximum atomic E-state index is 13.3. The minimum Gasteiger partial charge on any atom is -0.314 e. The maximum absolute atomic E-state index is 13.3. The molecular weight excluding hydrogens is 273 g/mol. The van der Waals surface area contributed by atoms with E-state index in [1.807, 2.05) is 49.4 Å². The van der Waals surface area contributed by atoms with Gasteiger partial charge in [0.25, 0.3) is 0 Å². The van der Waals surface area contributed by atoms with E-state index in [1.54, 1.807) is 12.1 Å². The number of para-hydroxylation sites is 1. The molecular formula is C17H13ClFN. The van der Waals surface area contributed by atoms with Gasteiger partial charge in [-0.15, -0.1) is 0 Å². The van der Waals surface area contributed by atoms with Crippen molar-refractivity contribution < 1.29 is 4.39 Å². The lowest BCUT2D eigenvalue weighted by Gasteiger charge is -2.12. The minimum atomic E-state index is -0.398. The topological polar surface area (TPSA) is 4.93 Å². The quantitative estimate of drug-likeness (QED) is 0.606. The van der Waals surface area contributed by atoms with E-state index in [0.29, 0.717) is 0 Å². The first-order chi connectivity index (χ1) is 9.66. The van der Waals surface area contributed by atoms with Gasteiger partial charge < -0.3 is 4.57 Å². The fraction of sp³-hybridized carbons (Fsp3) is 0.0588. The molecule has 0 amide bonds. The summed E-state index contributed by atoms with van der Waals surface area (Å²) in [6, 6.07) is 18.9. The molecule has 2 aromatic carbocycles. The van der Waals surface area contributed by atoms with Crippen molar-refractivity contribution in [3.05, 3.63) is 77.2 Å². The van der Waals surface area contributed by atoms with Gasteiger partial charge in [0.1, 0.15) is 5.82 Å². The predicted octanol–water partition coefficient (Wildman–Crippen LogP) is 5.25. The molecule has 0 saturated carbocycles. The summed E-state index contributed by atoms with van der Waals surface area (Å²) >= 11 is 5.88. The lowest BCUT2D eigenvalue weighted by molar-refractivity contribution is 0.628. The van der Waals surface area contributed by atoms with Crippen molar-refractivity contribution in [1.82, 2.24) is 4.57 Å². The van der Waals surface area contributed by atoms with Crippen LogP contribution < -0.4 is 0 Å². The van der Waals surface area contributed by atoms with E-state index in [2.05, 4.69) is 4.57 Å². The second-order valence-corrected chi connectivity index (χ2v) is 5.07. The van der Waals surface area contributed by atoms with Crippen LogP contribution in [0.4, 0.5) is 4.39 Å². The number of hydrogen-bond donors (Lipinski definition) is 0. The van der Waals surface area contributed by atoms with Crippen molar-refractivity contribution in [3.8, 4) is 16.9 Å². The fourth-order valence-electron chi connectivity index (χ4n) is 2.34. The number of nitrogens with zero attached hydrogens (tertiary/aromatic N) is 1. The Bertz CT molecular complexity index is 747. The lowest BCUT2D eigenvalue weighted by Crippen LogP contribution is -1.98. The smallest absolute Gasteiger partial charge is 0.141 e. The molecule has 0 saturated heterocycles. The standard InChI is InChI=1S/C17H13ClFN/c1-12-7-10-17(13-8-9-16(19)15(18)11-13)20(12)14-5-3-2-4-6-14/h2-11H,1H3. The summed E-state index contributed by atoms with van der Waals surface area (Å²) in [7, 11) is 0. The first-order valence-electron chi connectivity index (χ1n) is 6.36. The number of aryl methyl sites for hydroxylation is 1. The molecule has 0 fully saturated rings. The van der Waals surface area contributed by atoms with Crippen LogP contribution in [0.3, 0.4) is 0 Å². The van der Waals surface area contributed by atoms with Gasteiger partial charge in [0, 0.05) is 16.9 Å². The number of hydrogen-bond acceptors (Lipinski definition) is 0. The number of halogens is 2. The van der Waals surface area contributed by atoms with Gasteiger partial charge in [-0.1, -0.05) is 29.8 Å². The number of benzene rings is 2. The summed E-state index contributed by atoms with van der Waals surface area (Å²) in [5, 5.41) is 0.140. The highest BCUT2D eigenvalue weighted by atomic mass is 35.5. The third-order valence-electron chi connectivity index (χ3n) is 3.31. The molecule has 3 aromatic rings. The first kappa shape index (κ1) is 12.9. The van der Waals surface area contributed by atoms with Crippen molar-refractivity contribution in [2.75, 3.05) is 0 Å². The molecule has 0 aliphatic rings. The summed E-state index contributed by atoms with van der Waals surface area (Å²) < 4.78 is 15.4. The third-order valence-corrected chi connectivity index (χ3v) is 3.60. The highest BCUT2D eigenvalue weighted by molar-refractivity contribution is 6.31. The Hall–Kier alpha value is -2.06. The first-order valence-corrected chi connectivity index (χ1v) is 6.74. The second kappa shape index (κ2) is 5.14. The predicted molar refractivity (Wildman–Crippen MR) is 80.9 cm³/mol. The van der Waals surface area contributed by atoms with E-state index in [0.717, 1.165) is 22.6 Å². The molecule has 0 radical (unpaired) electrons. The average molecular weight is 286 g/mol. The molecule has 20 heavy (non-hydrogen) atoms. The molecule has 0 spiro atoms. The minimum absolute atomic E-state index is 0.140. The molecule has 100 valence electrons. The SMILES string of the molecule is Cc1ccc(-c2ccc(F)c(Cl)c2)n1-c1ccccc1. The Morgan fingerprint density at radius 2 is 1.70 bits per heavy atom. The summed E-state index contributed by atoms with van der Waals surface area (Å²) in [6.45, 7) is 2.04. The fourth-order valence-corrected chi connectivity index (χ4v) is 2.52.